The van der Waals surface area contributed by atoms with Crippen LogP contribution in [0, 0.1) is 6.92 Å². The van der Waals surface area contributed by atoms with Gasteiger partial charge in [-0.3, -0.25) is 4.79 Å². The van der Waals surface area contributed by atoms with E-state index in [9.17, 15) is 4.79 Å². The summed E-state index contributed by atoms with van der Waals surface area (Å²) in [6.07, 6.45) is 0. The Morgan fingerprint density at radius 3 is 2.75 bits per heavy atom. The quantitative estimate of drug-likeness (QED) is 0.803. The van der Waals surface area contributed by atoms with Crippen LogP contribution < -0.4 is 15.8 Å². The fraction of sp³-hybridized carbons (Fsp3) is 0.417. The second-order valence-corrected chi connectivity index (χ2v) is 3.55. The van der Waals surface area contributed by atoms with Crippen molar-refractivity contribution < 1.29 is 9.53 Å². The molecule has 0 radical (unpaired) electrons. The van der Waals surface area contributed by atoms with E-state index >= 15 is 0 Å². The van der Waals surface area contributed by atoms with Crippen LogP contribution in [0.15, 0.2) is 18.2 Å². The SMILES string of the molecule is CCOc1ccc(C(N)C(=O)NC)cc1C. The summed E-state index contributed by atoms with van der Waals surface area (Å²) < 4.78 is 5.42. The number of aryl methyl sites for hydroxylation is 1. The molecule has 0 aromatic heterocycles. The highest BCUT2D eigenvalue weighted by Gasteiger charge is 2.14. The van der Waals surface area contributed by atoms with E-state index in [1.54, 1.807) is 7.05 Å². The molecule has 0 bridgehead atoms. The topological polar surface area (TPSA) is 64.3 Å². The van der Waals surface area contributed by atoms with Crippen molar-refractivity contribution in [2.24, 2.45) is 5.73 Å². The predicted octanol–water partition coefficient (Wildman–Crippen LogP) is 1.14. The third-order valence-electron chi connectivity index (χ3n) is 2.39. The van der Waals surface area contributed by atoms with Gasteiger partial charge in [-0.15, -0.1) is 0 Å². The van der Waals surface area contributed by atoms with Crippen LogP contribution in [-0.2, 0) is 4.79 Å². The summed E-state index contributed by atoms with van der Waals surface area (Å²) in [4.78, 5) is 11.4. The molecule has 0 saturated heterocycles. The predicted molar refractivity (Wildman–Crippen MR) is 63.3 cm³/mol. The lowest BCUT2D eigenvalue weighted by molar-refractivity contribution is -0.121. The van der Waals surface area contributed by atoms with Gasteiger partial charge in [-0.25, -0.2) is 0 Å². The smallest absolute Gasteiger partial charge is 0.241 e. The summed E-state index contributed by atoms with van der Waals surface area (Å²) in [5.74, 6) is 0.638. The minimum atomic E-state index is -0.626. The van der Waals surface area contributed by atoms with Crippen molar-refractivity contribution in [3.05, 3.63) is 29.3 Å². The Morgan fingerprint density at radius 2 is 2.25 bits per heavy atom. The molecule has 0 heterocycles. The highest BCUT2D eigenvalue weighted by Crippen LogP contribution is 2.22. The number of likely N-dealkylation sites (N-methyl/N-ethyl adjacent to an activating group) is 1. The first kappa shape index (κ1) is 12.5. The molecule has 3 N–H and O–H groups in total. The minimum absolute atomic E-state index is 0.191. The van der Waals surface area contributed by atoms with Gasteiger partial charge < -0.3 is 15.8 Å². The van der Waals surface area contributed by atoms with E-state index in [1.807, 2.05) is 32.0 Å². The van der Waals surface area contributed by atoms with Gasteiger partial charge >= 0.3 is 0 Å². The third kappa shape index (κ3) is 2.73. The number of nitrogens with one attached hydrogen (secondary N) is 1. The number of carbonyl (C=O) groups is 1. The van der Waals surface area contributed by atoms with Gasteiger partial charge in [-0.1, -0.05) is 12.1 Å². The monoisotopic (exact) mass is 222 g/mol. The highest BCUT2D eigenvalue weighted by molar-refractivity contribution is 5.82. The van der Waals surface area contributed by atoms with Crippen LogP contribution in [0.25, 0.3) is 0 Å². The van der Waals surface area contributed by atoms with Crippen molar-refractivity contribution in [2.75, 3.05) is 13.7 Å². The van der Waals surface area contributed by atoms with E-state index in [0.29, 0.717) is 6.61 Å². The van der Waals surface area contributed by atoms with Gasteiger partial charge in [-0.05, 0) is 31.0 Å². The number of hydrogen-bond acceptors (Lipinski definition) is 3. The standard InChI is InChI=1S/C12H18N2O2/c1-4-16-10-6-5-9(7-8(10)2)11(13)12(15)14-3/h5-7,11H,4,13H2,1-3H3,(H,14,15). The Bertz CT molecular complexity index is 377. The van der Waals surface area contributed by atoms with Crippen molar-refractivity contribution in [3.63, 3.8) is 0 Å². The van der Waals surface area contributed by atoms with E-state index in [1.165, 1.54) is 0 Å². The lowest BCUT2D eigenvalue weighted by atomic mass is 10.0. The maximum absolute atomic E-state index is 11.4. The molecule has 1 atom stereocenters. The first-order chi connectivity index (χ1) is 7.60. The molecule has 16 heavy (non-hydrogen) atoms. The van der Waals surface area contributed by atoms with E-state index in [4.69, 9.17) is 10.5 Å². The van der Waals surface area contributed by atoms with E-state index in [2.05, 4.69) is 5.32 Å². The van der Waals surface area contributed by atoms with E-state index < -0.39 is 6.04 Å². The summed E-state index contributed by atoms with van der Waals surface area (Å²) in [5, 5.41) is 2.53. The van der Waals surface area contributed by atoms with Crippen LogP contribution in [0.5, 0.6) is 5.75 Å². The molecule has 1 aromatic rings. The molecule has 4 nitrogen and oxygen atoms in total. The summed E-state index contributed by atoms with van der Waals surface area (Å²) in [5.41, 5.74) is 7.57. The molecule has 1 amide bonds. The van der Waals surface area contributed by atoms with Gasteiger partial charge in [0.1, 0.15) is 11.8 Å². The molecule has 0 fully saturated rings. The lowest BCUT2D eigenvalue weighted by Crippen LogP contribution is -2.31. The molecule has 1 rings (SSSR count). The number of benzene rings is 1. The highest BCUT2D eigenvalue weighted by atomic mass is 16.5. The minimum Gasteiger partial charge on any atom is -0.494 e. The van der Waals surface area contributed by atoms with Crippen molar-refractivity contribution >= 4 is 5.91 Å². The zero-order valence-corrected chi connectivity index (χ0v) is 9.91. The Kier molecular flexibility index (Phi) is 4.31. The summed E-state index contributed by atoms with van der Waals surface area (Å²) in [6, 6.07) is 4.92. The molecule has 1 unspecified atom stereocenters. The first-order valence-corrected chi connectivity index (χ1v) is 5.30. The van der Waals surface area contributed by atoms with Crippen LogP contribution in [0.2, 0.25) is 0 Å². The maximum atomic E-state index is 11.4. The summed E-state index contributed by atoms with van der Waals surface area (Å²) in [7, 11) is 1.57. The fourth-order valence-corrected chi connectivity index (χ4v) is 1.49. The number of ether oxygens (including phenoxy) is 1. The van der Waals surface area contributed by atoms with Crippen LogP contribution in [0.1, 0.15) is 24.1 Å². The largest absolute Gasteiger partial charge is 0.494 e. The van der Waals surface area contributed by atoms with Gasteiger partial charge in [0.05, 0.1) is 6.61 Å². The zero-order chi connectivity index (χ0) is 12.1. The second kappa shape index (κ2) is 5.51. The maximum Gasteiger partial charge on any atom is 0.241 e. The average molecular weight is 222 g/mol. The van der Waals surface area contributed by atoms with Gasteiger partial charge in [0.2, 0.25) is 5.91 Å². The second-order valence-electron chi connectivity index (χ2n) is 3.55. The molecule has 0 aliphatic rings. The van der Waals surface area contributed by atoms with Gasteiger partial charge in [0.15, 0.2) is 0 Å². The van der Waals surface area contributed by atoms with Gasteiger partial charge in [0, 0.05) is 7.05 Å². The number of amides is 1. The zero-order valence-electron chi connectivity index (χ0n) is 9.91. The molecule has 4 heteroatoms. The molecule has 0 aliphatic carbocycles. The van der Waals surface area contributed by atoms with Crippen molar-refractivity contribution in [1.82, 2.24) is 5.32 Å². The Hall–Kier alpha value is -1.55. The third-order valence-corrected chi connectivity index (χ3v) is 2.39. The van der Waals surface area contributed by atoms with Crippen LogP contribution in [0.4, 0.5) is 0 Å². The average Bonchev–Trinajstić information content (AvgIpc) is 2.30. The molecule has 0 saturated carbocycles. The molecule has 1 aromatic carbocycles. The number of hydrogen-bond donors (Lipinski definition) is 2. The molecular weight excluding hydrogens is 204 g/mol. The lowest BCUT2D eigenvalue weighted by Gasteiger charge is -2.13. The molecule has 88 valence electrons. The normalized spacial score (nSPS) is 12.0. The fourth-order valence-electron chi connectivity index (χ4n) is 1.49. The Labute approximate surface area is 95.8 Å². The summed E-state index contributed by atoms with van der Waals surface area (Å²) in [6.45, 7) is 4.50. The molecule has 0 aliphatic heterocycles. The molecular formula is C12H18N2O2. The van der Waals surface area contributed by atoms with E-state index in [0.717, 1.165) is 16.9 Å². The number of carbonyl (C=O) groups excluding carboxylic acids is 1. The molecule has 0 spiro atoms. The first-order valence-electron chi connectivity index (χ1n) is 5.30. The van der Waals surface area contributed by atoms with E-state index in [-0.39, 0.29) is 5.91 Å². The van der Waals surface area contributed by atoms with Crippen LogP contribution >= 0.6 is 0 Å². The number of rotatable bonds is 4. The number of nitrogens with two attached hydrogens (primary N) is 1. The van der Waals surface area contributed by atoms with Crippen molar-refractivity contribution in [1.29, 1.82) is 0 Å². The summed E-state index contributed by atoms with van der Waals surface area (Å²) >= 11 is 0. The Morgan fingerprint density at radius 1 is 1.56 bits per heavy atom. The van der Waals surface area contributed by atoms with Crippen molar-refractivity contribution in [3.8, 4) is 5.75 Å². The van der Waals surface area contributed by atoms with Crippen molar-refractivity contribution in [2.45, 2.75) is 19.9 Å². The van der Waals surface area contributed by atoms with Gasteiger partial charge in [-0.2, -0.15) is 0 Å². The van der Waals surface area contributed by atoms with Crippen LogP contribution in [0.3, 0.4) is 0 Å². The van der Waals surface area contributed by atoms with Gasteiger partial charge in [0.25, 0.3) is 0 Å². The Balaban J connectivity index is 2.92. The van der Waals surface area contributed by atoms with Crippen LogP contribution in [-0.4, -0.2) is 19.6 Å².